The molecule has 0 fully saturated rings. The topological polar surface area (TPSA) is 58.4 Å². The van der Waals surface area contributed by atoms with Crippen LogP contribution in [-0.4, -0.2) is 32.3 Å². The Morgan fingerprint density at radius 3 is 3.05 bits per heavy atom. The SMILES string of the molecule is CCCN(O)C(=O)C1SC(c2cccnc2)n2cccc21. The lowest BCUT2D eigenvalue weighted by Crippen LogP contribution is -2.31. The molecule has 21 heavy (non-hydrogen) atoms. The van der Waals surface area contributed by atoms with Crippen molar-refractivity contribution in [2.45, 2.75) is 24.0 Å². The Balaban J connectivity index is 1.89. The van der Waals surface area contributed by atoms with Gasteiger partial charge < -0.3 is 4.57 Å². The molecule has 1 aliphatic heterocycles. The van der Waals surface area contributed by atoms with Crippen molar-refractivity contribution < 1.29 is 10.0 Å². The van der Waals surface area contributed by atoms with Gasteiger partial charge in [0.05, 0.1) is 0 Å². The lowest BCUT2D eigenvalue weighted by molar-refractivity contribution is -0.164. The van der Waals surface area contributed by atoms with Gasteiger partial charge in [0.15, 0.2) is 0 Å². The third-order valence-electron chi connectivity index (χ3n) is 3.48. The first kappa shape index (κ1) is 14.2. The summed E-state index contributed by atoms with van der Waals surface area (Å²) >= 11 is 1.53. The van der Waals surface area contributed by atoms with E-state index in [4.69, 9.17) is 0 Å². The first-order chi connectivity index (χ1) is 10.2. The van der Waals surface area contributed by atoms with Crippen LogP contribution < -0.4 is 0 Å². The summed E-state index contributed by atoms with van der Waals surface area (Å²) < 4.78 is 2.07. The van der Waals surface area contributed by atoms with E-state index < -0.39 is 0 Å². The number of hydroxylamine groups is 2. The van der Waals surface area contributed by atoms with Crippen molar-refractivity contribution in [3.8, 4) is 0 Å². The van der Waals surface area contributed by atoms with Gasteiger partial charge in [-0.05, 0) is 24.6 Å². The largest absolute Gasteiger partial charge is 0.333 e. The predicted octanol–water partition coefficient (Wildman–Crippen LogP) is 2.85. The number of fused-ring (bicyclic) bond motifs is 1. The van der Waals surface area contributed by atoms with Crippen LogP contribution in [0.3, 0.4) is 0 Å². The van der Waals surface area contributed by atoms with Crippen molar-refractivity contribution in [1.29, 1.82) is 0 Å². The summed E-state index contributed by atoms with van der Waals surface area (Å²) in [5, 5.41) is 10.3. The van der Waals surface area contributed by atoms with Gasteiger partial charge in [-0.25, -0.2) is 5.06 Å². The monoisotopic (exact) mass is 303 g/mol. The van der Waals surface area contributed by atoms with E-state index in [0.29, 0.717) is 6.54 Å². The lowest BCUT2D eigenvalue weighted by atomic mass is 10.2. The highest BCUT2D eigenvalue weighted by Gasteiger charge is 2.38. The van der Waals surface area contributed by atoms with Gasteiger partial charge in [-0.3, -0.25) is 15.0 Å². The van der Waals surface area contributed by atoms with Gasteiger partial charge in [-0.2, -0.15) is 0 Å². The summed E-state index contributed by atoms with van der Waals surface area (Å²) in [7, 11) is 0. The number of amides is 1. The number of hydrogen-bond donors (Lipinski definition) is 1. The Hall–Kier alpha value is -1.79. The zero-order valence-electron chi connectivity index (χ0n) is 11.7. The first-order valence-corrected chi connectivity index (χ1v) is 7.89. The fourth-order valence-electron chi connectivity index (χ4n) is 2.51. The van der Waals surface area contributed by atoms with E-state index in [2.05, 4.69) is 9.55 Å². The first-order valence-electron chi connectivity index (χ1n) is 6.94. The minimum atomic E-state index is -0.373. The van der Waals surface area contributed by atoms with Crippen LogP contribution in [-0.2, 0) is 4.79 Å². The second kappa shape index (κ2) is 5.91. The maximum atomic E-state index is 12.4. The van der Waals surface area contributed by atoms with Gasteiger partial charge >= 0.3 is 0 Å². The molecular weight excluding hydrogens is 286 g/mol. The zero-order chi connectivity index (χ0) is 14.8. The third-order valence-corrected chi connectivity index (χ3v) is 4.95. The molecule has 1 amide bonds. The molecule has 0 radical (unpaired) electrons. The molecule has 2 aromatic heterocycles. The van der Waals surface area contributed by atoms with Crippen molar-refractivity contribution in [3.05, 3.63) is 54.1 Å². The average molecular weight is 303 g/mol. The molecule has 6 heteroatoms. The quantitative estimate of drug-likeness (QED) is 0.697. The van der Waals surface area contributed by atoms with Crippen molar-refractivity contribution >= 4 is 17.7 Å². The molecule has 2 atom stereocenters. The van der Waals surface area contributed by atoms with E-state index >= 15 is 0 Å². The fraction of sp³-hybridized carbons (Fsp3) is 0.333. The van der Waals surface area contributed by atoms with E-state index in [0.717, 1.165) is 22.7 Å². The van der Waals surface area contributed by atoms with Crippen LogP contribution in [0.15, 0.2) is 42.9 Å². The molecule has 2 aromatic rings. The molecule has 1 aliphatic rings. The van der Waals surface area contributed by atoms with E-state index in [1.807, 2.05) is 43.6 Å². The number of carbonyl (C=O) groups is 1. The Morgan fingerprint density at radius 1 is 1.48 bits per heavy atom. The van der Waals surface area contributed by atoms with E-state index in [1.165, 1.54) is 11.8 Å². The Kier molecular flexibility index (Phi) is 3.98. The van der Waals surface area contributed by atoms with Crippen LogP contribution in [0, 0.1) is 0 Å². The molecule has 3 heterocycles. The number of pyridine rings is 1. The van der Waals surface area contributed by atoms with Crippen LogP contribution in [0.5, 0.6) is 0 Å². The summed E-state index contributed by atoms with van der Waals surface area (Å²) in [6.45, 7) is 2.29. The maximum Gasteiger partial charge on any atom is 0.265 e. The van der Waals surface area contributed by atoms with Crippen molar-refractivity contribution in [2.24, 2.45) is 0 Å². The maximum absolute atomic E-state index is 12.4. The van der Waals surface area contributed by atoms with Crippen LogP contribution >= 0.6 is 11.8 Å². The number of hydrogen-bond acceptors (Lipinski definition) is 4. The molecule has 1 N–H and O–H groups in total. The Labute approximate surface area is 127 Å². The van der Waals surface area contributed by atoms with Crippen LogP contribution in [0.2, 0.25) is 0 Å². The second-order valence-electron chi connectivity index (χ2n) is 4.96. The molecular formula is C15H17N3O2S. The third kappa shape index (κ3) is 2.56. The molecule has 5 nitrogen and oxygen atoms in total. The molecule has 0 aliphatic carbocycles. The standard InChI is InChI=1S/C15H17N3O2S/c1-2-8-18(20)14(19)13-12-6-4-9-17(12)15(21-13)11-5-3-7-16-10-11/h3-7,9-10,13,15,20H,2,8H2,1H3. The molecule has 0 spiro atoms. The average Bonchev–Trinajstić information content (AvgIpc) is 3.09. The molecule has 0 saturated carbocycles. The smallest absolute Gasteiger partial charge is 0.265 e. The van der Waals surface area contributed by atoms with Crippen molar-refractivity contribution in [1.82, 2.24) is 14.6 Å². The van der Waals surface area contributed by atoms with Gasteiger partial charge in [0, 0.05) is 36.4 Å². The summed E-state index contributed by atoms with van der Waals surface area (Å²) in [4.78, 5) is 16.5. The second-order valence-corrected chi connectivity index (χ2v) is 6.15. The highest BCUT2D eigenvalue weighted by molar-refractivity contribution is 8.00. The van der Waals surface area contributed by atoms with Crippen LogP contribution in [0.1, 0.15) is 35.2 Å². The van der Waals surface area contributed by atoms with Crippen molar-refractivity contribution in [3.63, 3.8) is 0 Å². The van der Waals surface area contributed by atoms with E-state index in [1.54, 1.807) is 6.20 Å². The number of rotatable bonds is 4. The zero-order valence-corrected chi connectivity index (χ0v) is 12.5. The summed E-state index contributed by atoms with van der Waals surface area (Å²) in [6, 6.07) is 7.76. The Bertz CT molecular complexity index is 629. The van der Waals surface area contributed by atoms with E-state index in [-0.39, 0.29) is 16.5 Å². The minimum Gasteiger partial charge on any atom is -0.333 e. The molecule has 0 aromatic carbocycles. The van der Waals surface area contributed by atoms with Crippen molar-refractivity contribution in [2.75, 3.05) is 6.54 Å². The predicted molar refractivity (Wildman–Crippen MR) is 80.9 cm³/mol. The summed E-state index contributed by atoms with van der Waals surface area (Å²) in [6.07, 6.45) is 6.25. The van der Waals surface area contributed by atoms with Crippen LogP contribution in [0.4, 0.5) is 0 Å². The molecule has 0 bridgehead atoms. The van der Waals surface area contributed by atoms with Gasteiger partial charge in [0.2, 0.25) is 0 Å². The fourth-order valence-corrected chi connectivity index (χ4v) is 3.97. The van der Waals surface area contributed by atoms with E-state index in [9.17, 15) is 10.0 Å². The van der Waals surface area contributed by atoms with Gasteiger partial charge in [-0.1, -0.05) is 13.0 Å². The summed E-state index contributed by atoms with van der Waals surface area (Å²) in [5.74, 6) is -0.256. The van der Waals surface area contributed by atoms with Gasteiger partial charge in [0.1, 0.15) is 10.6 Å². The normalized spacial score (nSPS) is 20.3. The summed E-state index contributed by atoms with van der Waals surface area (Å²) in [5.41, 5.74) is 1.98. The number of thioether (sulfide) groups is 1. The number of nitrogens with zero attached hydrogens (tertiary/aromatic N) is 3. The molecule has 0 saturated heterocycles. The van der Waals surface area contributed by atoms with Gasteiger partial charge in [0.25, 0.3) is 5.91 Å². The van der Waals surface area contributed by atoms with Crippen LogP contribution in [0.25, 0.3) is 0 Å². The molecule has 3 rings (SSSR count). The number of aromatic nitrogens is 2. The lowest BCUT2D eigenvalue weighted by Gasteiger charge is -2.18. The highest BCUT2D eigenvalue weighted by atomic mass is 32.2. The molecule has 2 unspecified atom stereocenters. The molecule has 110 valence electrons. The highest BCUT2D eigenvalue weighted by Crippen LogP contribution is 2.49. The van der Waals surface area contributed by atoms with Gasteiger partial charge in [-0.15, -0.1) is 11.8 Å². The Morgan fingerprint density at radius 2 is 2.33 bits per heavy atom. The minimum absolute atomic E-state index is 0.0210. The number of carbonyl (C=O) groups excluding carboxylic acids is 1.